The van der Waals surface area contributed by atoms with Crippen molar-refractivity contribution < 1.29 is 32.2 Å². The highest BCUT2D eigenvalue weighted by Crippen LogP contribution is 2.34. The molecule has 2 fully saturated rings. The van der Waals surface area contributed by atoms with E-state index in [1.54, 1.807) is 24.4 Å². The van der Waals surface area contributed by atoms with Gasteiger partial charge in [0.25, 0.3) is 0 Å². The lowest BCUT2D eigenvalue weighted by molar-refractivity contribution is -0.274. The molecule has 2 aliphatic rings. The maximum Gasteiger partial charge on any atom is 0.573 e. The maximum absolute atomic E-state index is 12.7. The van der Waals surface area contributed by atoms with Crippen molar-refractivity contribution in [2.24, 2.45) is 5.92 Å². The van der Waals surface area contributed by atoms with Crippen LogP contribution in [0.3, 0.4) is 0 Å². The molecule has 2 saturated heterocycles. The standard InChI is InChI=1S/C22H23F3N2O4/c23-22(24,25)31-20-4-2-1-3-17(20)18-6-5-16(11-26-18)19-13-30-14-21(28)27(19)12-15-7-9-29-10-8-15/h1-6,11,15,19H,7-10,12-14H2. The van der Waals surface area contributed by atoms with Crippen molar-refractivity contribution in [2.45, 2.75) is 25.2 Å². The zero-order chi connectivity index (χ0) is 21.8. The zero-order valence-corrected chi connectivity index (χ0v) is 16.8. The van der Waals surface area contributed by atoms with Gasteiger partial charge < -0.3 is 19.1 Å². The first-order chi connectivity index (χ1) is 14.9. The molecule has 3 heterocycles. The fraction of sp³-hybridized carbons (Fsp3) is 0.455. The fourth-order valence-corrected chi connectivity index (χ4v) is 3.97. The molecular formula is C22H23F3N2O4. The summed E-state index contributed by atoms with van der Waals surface area (Å²) in [5.41, 5.74) is 1.36. The number of halogens is 3. The minimum absolute atomic E-state index is 0.0490. The number of alkyl halides is 3. The number of amides is 1. The summed E-state index contributed by atoms with van der Waals surface area (Å²) in [6.07, 6.45) is -1.39. The second-order valence-corrected chi connectivity index (χ2v) is 7.65. The van der Waals surface area contributed by atoms with E-state index >= 15 is 0 Å². The van der Waals surface area contributed by atoms with Crippen LogP contribution in [0.4, 0.5) is 13.2 Å². The number of benzene rings is 1. The molecule has 1 aromatic carbocycles. The fourth-order valence-electron chi connectivity index (χ4n) is 3.97. The van der Waals surface area contributed by atoms with E-state index in [9.17, 15) is 18.0 Å². The van der Waals surface area contributed by atoms with E-state index in [1.165, 1.54) is 18.2 Å². The molecule has 166 valence electrons. The topological polar surface area (TPSA) is 60.9 Å². The quantitative estimate of drug-likeness (QED) is 0.710. The van der Waals surface area contributed by atoms with Gasteiger partial charge in [0.2, 0.25) is 5.91 Å². The Balaban J connectivity index is 1.55. The van der Waals surface area contributed by atoms with Gasteiger partial charge in [-0.05, 0) is 42.5 Å². The molecule has 4 rings (SSSR count). The van der Waals surface area contributed by atoms with Crippen LogP contribution >= 0.6 is 0 Å². The van der Waals surface area contributed by atoms with Gasteiger partial charge in [-0.15, -0.1) is 13.2 Å². The van der Waals surface area contributed by atoms with Crippen molar-refractivity contribution in [2.75, 3.05) is 33.0 Å². The predicted molar refractivity (Wildman–Crippen MR) is 105 cm³/mol. The molecule has 0 aliphatic carbocycles. The second kappa shape index (κ2) is 9.23. The van der Waals surface area contributed by atoms with Crippen LogP contribution in [-0.4, -0.2) is 55.1 Å². The van der Waals surface area contributed by atoms with E-state index in [2.05, 4.69) is 9.72 Å². The molecule has 0 radical (unpaired) electrons. The summed E-state index contributed by atoms with van der Waals surface area (Å²) in [6.45, 7) is 2.42. The molecule has 1 amide bonds. The van der Waals surface area contributed by atoms with E-state index < -0.39 is 6.36 Å². The van der Waals surface area contributed by atoms with Crippen LogP contribution in [0.1, 0.15) is 24.4 Å². The summed E-state index contributed by atoms with van der Waals surface area (Å²) in [5.74, 6) is -0.0137. The second-order valence-electron chi connectivity index (χ2n) is 7.65. The molecule has 6 nitrogen and oxygen atoms in total. The molecule has 2 aliphatic heterocycles. The SMILES string of the molecule is O=C1COCC(c2ccc(-c3ccccc3OC(F)(F)F)nc2)N1CC1CCOCC1. The Morgan fingerprint density at radius 1 is 1.10 bits per heavy atom. The smallest absolute Gasteiger partial charge is 0.405 e. The van der Waals surface area contributed by atoms with Crippen molar-refractivity contribution >= 4 is 5.91 Å². The van der Waals surface area contributed by atoms with Gasteiger partial charge in [0.05, 0.1) is 18.3 Å². The first-order valence-electron chi connectivity index (χ1n) is 10.2. The molecule has 0 saturated carbocycles. The molecular weight excluding hydrogens is 413 g/mol. The number of carbonyl (C=O) groups is 1. The number of hydrogen-bond acceptors (Lipinski definition) is 5. The normalized spacial score (nSPS) is 20.7. The lowest BCUT2D eigenvalue weighted by Crippen LogP contribution is -2.47. The Bertz CT molecular complexity index is 898. The lowest BCUT2D eigenvalue weighted by Gasteiger charge is -2.38. The number of nitrogens with zero attached hydrogens (tertiary/aromatic N) is 2. The molecule has 31 heavy (non-hydrogen) atoms. The Hall–Kier alpha value is -2.65. The van der Waals surface area contributed by atoms with Gasteiger partial charge in [-0.1, -0.05) is 18.2 Å². The van der Waals surface area contributed by atoms with Gasteiger partial charge in [0.15, 0.2) is 0 Å². The summed E-state index contributed by atoms with van der Waals surface area (Å²) in [7, 11) is 0. The van der Waals surface area contributed by atoms with Crippen LogP contribution in [0.25, 0.3) is 11.3 Å². The Kier molecular flexibility index (Phi) is 6.43. The number of carbonyl (C=O) groups excluding carboxylic acids is 1. The van der Waals surface area contributed by atoms with E-state index in [0.717, 1.165) is 18.4 Å². The average molecular weight is 436 g/mol. The van der Waals surface area contributed by atoms with Crippen LogP contribution in [0, 0.1) is 5.92 Å². The number of para-hydroxylation sites is 1. The Morgan fingerprint density at radius 3 is 2.58 bits per heavy atom. The monoisotopic (exact) mass is 436 g/mol. The third-order valence-electron chi connectivity index (χ3n) is 5.55. The van der Waals surface area contributed by atoms with Gasteiger partial charge in [0, 0.05) is 31.5 Å². The minimum atomic E-state index is -4.79. The van der Waals surface area contributed by atoms with Crippen molar-refractivity contribution in [1.29, 1.82) is 0 Å². The van der Waals surface area contributed by atoms with E-state index in [0.29, 0.717) is 38.0 Å². The van der Waals surface area contributed by atoms with Crippen molar-refractivity contribution in [1.82, 2.24) is 9.88 Å². The molecule has 1 unspecified atom stereocenters. The number of hydrogen-bond donors (Lipinski definition) is 0. The largest absolute Gasteiger partial charge is 0.573 e. The van der Waals surface area contributed by atoms with Crippen molar-refractivity contribution in [3.63, 3.8) is 0 Å². The molecule has 0 bridgehead atoms. The predicted octanol–water partition coefficient (Wildman–Crippen LogP) is 3.97. The highest BCUT2D eigenvalue weighted by atomic mass is 19.4. The summed E-state index contributed by atoms with van der Waals surface area (Å²) < 4.78 is 53.1. The molecule has 9 heteroatoms. The first kappa shape index (κ1) is 21.6. The lowest BCUT2D eigenvalue weighted by atomic mass is 9.97. The number of aromatic nitrogens is 1. The highest BCUT2D eigenvalue weighted by Gasteiger charge is 2.34. The summed E-state index contributed by atoms with van der Waals surface area (Å²) in [4.78, 5) is 18.7. The summed E-state index contributed by atoms with van der Waals surface area (Å²) >= 11 is 0. The van der Waals surface area contributed by atoms with Crippen LogP contribution in [0.5, 0.6) is 5.75 Å². The van der Waals surface area contributed by atoms with Crippen LogP contribution < -0.4 is 4.74 Å². The average Bonchev–Trinajstić information content (AvgIpc) is 2.75. The Labute approximate surface area is 177 Å². The highest BCUT2D eigenvalue weighted by molar-refractivity contribution is 5.78. The van der Waals surface area contributed by atoms with E-state index in [4.69, 9.17) is 9.47 Å². The summed E-state index contributed by atoms with van der Waals surface area (Å²) in [5, 5.41) is 0. The Morgan fingerprint density at radius 2 is 1.87 bits per heavy atom. The minimum Gasteiger partial charge on any atom is -0.405 e. The number of rotatable bonds is 5. The maximum atomic E-state index is 12.7. The number of pyridine rings is 1. The molecule has 2 aromatic rings. The summed E-state index contributed by atoms with van der Waals surface area (Å²) in [6, 6.07) is 8.99. The van der Waals surface area contributed by atoms with Crippen molar-refractivity contribution in [3.05, 3.63) is 48.2 Å². The molecule has 1 atom stereocenters. The van der Waals surface area contributed by atoms with Gasteiger partial charge >= 0.3 is 6.36 Å². The molecule has 0 N–H and O–H groups in total. The van der Waals surface area contributed by atoms with Gasteiger partial charge in [-0.2, -0.15) is 0 Å². The van der Waals surface area contributed by atoms with Crippen molar-refractivity contribution in [3.8, 4) is 17.0 Å². The van der Waals surface area contributed by atoms with Crippen LogP contribution in [0.2, 0.25) is 0 Å². The first-order valence-corrected chi connectivity index (χ1v) is 10.2. The van der Waals surface area contributed by atoms with Gasteiger partial charge in [-0.3, -0.25) is 9.78 Å². The van der Waals surface area contributed by atoms with Crippen LogP contribution in [0.15, 0.2) is 42.6 Å². The third-order valence-corrected chi connectivity index (χ3v) is 5.55. The van der Waals surface area contributed by atoms with Gasteiger partial charge in [0.1, 0.15) is 12.4 Å². The zero-order valence-electron chi connectivity index (χ0n) is 16.8. The van der Waals surface area contributed by atoms with Crippen LogP contribution in [-0.2, 0) is 14.3 Å². The van der Waals surface area contributed by atoms with Gasteiger partial charge in [-0.25, -0.2) is 0 Å². The van der Waals surface area contributed by atoms with E-state index in [1.807, 2.05) is 4.90 Å². The molecule has 0 spiro atoms. The molecule has 1 aromatic heterocycles. The van der Waals surface area contributed by atoms with E-state index in [-0.39, 0.29) is 29.9 Å². The number of morpholine rings is 1. The number of ether oxygens (including phenoxy) is 3. The third kappa shape index (κ3) is 5.34.